The van der Waals surface area contributed by atoms with E-state index in [9.17, 15) is 9.59 Å². The summed E-state index contributed by atoms with van der Waals surface area (Å²) >= 11 is 5.72. The maximum Gasteiger partial charge on any atom is 0.266 e. The van der Waals surface area contributed by atoms with Crippen LogP contribution in [0.5, 0.6) is 0 Å². The summed E-state index contributed by atoms with van der Waals surface area (Å²) in [6.07, 6.45) is 0. The van der Waals surface area contributed by atoms with Gasteiger partial charge < -0.3 is 4.90 Å². The molecule has 0 spiro atoms. The van der Waals surface area contributed by atoms with Gasteiger partial charge in [-0.1, -0.05) is 29.8 Å². The van der Waals surface area contributed by atoms with Crippen LogP contribution in [0.25, 0.3) is 16.6 Å². The van der Waals surface area contributed by atoms with Gasteiger partial charge in [0.25, 0.3) is 5.56 Å². The predicted octanol–water partition coefficient (Wildman–Crippen LogP) is 3.76. The summed E-state index contributed by atoms with van der Waals surface area (Å²) in [5, 5.41) is 0.541. The molecule has 140 valence electrons. The highest BCUT2D eigenvalue weighted by atomic mass is 35.5. The molecule has 0 fully saturated rings. The number of aryl methyl sites for hydroxylation is 2. The average molecular weight is 384 g/mol. The number of aromatic nitrogens is 2. The van der Waals surface area contributed by atoms with Crippen molar-refractivity contribution in [2.75, 3.05) is 12.9 Å². The molecule has 1 amide bonds. The summed E-state index contributed by atoms with van der Waals surface area (Å²) in [5.74, 6) is 0.160. The van der Waals surface area contributed by atoms with Crippen LogP contribution in [0, 0.1) is 13.8 Å². The molecule has 0 saturated carbocycles. The third kappa shape index (κ3) is 3.47. The lowest BCUT2D eigenvalue weighted by Crippen LogP contribution is -2.35. The van der Waals surface area contributed by atoms with Crippen LogP contribution >= 0.6 is 11.6 Å². The second-order valence-corrected chi connectivity index (χ2v) is 7.00. The normalized spacial score (nSPS) is 12.2. The van der Waals surface area contributed by atoms with Gasteiger partial charge in [0, 0.05) is 7.05 Å². The van der Waals surface area contributed by atoms with Gasteiger partial charge >= 0.3 is 0 Å². The number of carbonyl (C=O) groups is 1. The van der Waals surface area contributed by atoms with Crippen LogP contribution in [0.3, 0.4) is 0 Å². The van der Waals surface area contributed by atoms with E-state index in [1.807, 2.05) is 57.2 Å². The SMILES string of the molecule is Cc1ccc(-n2c([C@@H](C)N(C)C(=O)CCl)nc3ccccc3c2=O)c(C)c1. The maximum atomic E-state index is 13.3. The standard InChI is InChI=1S/C21H22ClN3O2/c1-13-9-10-18(14(2)11-13)25-20(15(3)24(4)19(26)12-22)23-17-8-6-5-7-16(17)21(25)27/h5-11,15H,12H2,1-4H3/t15-/m1/s1. The lowest BCUT2D eigenvalue weighted by atomic mass is 10.1. The summed E-state index contributed by atoms with van der Waals surface area (Å²) in [6, 6.07) is 12.7. The van der Waals surface area contributed by atoms with Gasteiger partial charge in [0.15, 0.2) is 0 Å². The van der Waals surface area contributed by atoms with E-state index < -0.39 is 6.04 Å². The predicted molar refractivity (Wildman–Crippen MR) is 109 cm³/mol. The van der Waals surface area contributed by atoms with E-state index in [0.717, 1.165) is 16.8 Å². The molecule has 0 aliphatic heterocycles. The zero-order valence-electron chi connectivity index (χ0n) is 15.9. The van der Waals surface area contributed by atoms with E-state index >= 15 is 0 Å². The van der Waals surface area contributed by atoms with Crippen molar-refractivity contribution in [2.24, 2.45) is 0 Å². The fourth-order valence-electron chi connectivity index (χ4n) is 3.20. The topological polar surface area (TPSA) is 55.2 Å². The number of hydrogen-bond acceptors (Lipinski definition) is 3. The van der Waals surface area contributed by atoms with Crippen molar-refractivity contribution in [1.82, 2.24) is 14.5 Å². The average Bonchev–Trinajstić information content (AvgIpc) is 2.67. The van der Waals surface area contributed by atoms with Gasteiger partial charge in [0.1, 0.15) is 11.7 Å². The number of hydrogen-bond donors (Lipinski definition) is 0. The van der Waals surface area contributed by atoms with Crippen molar-refractivity contribution >= 4 is 28.4 Å². The molecule has 0 radical (unpaired) electrons. The van der Waals surface area contributed by atoms with Crippen LogP contribution < -0.4 is 5.56 Å². The van der Waals surface area contributed by atoms with Gasteiger partial charge in [-0.2, -0.15) is 0 Å². The number of benzene rings is 2. The molecule has 0 bridgehead atoms. The number of nitrogens with zero attached hydrogens (tertiary/aromatic N) is 3. The fraction of sp³-hybridized carbons (Fsp3) is 0.286. The molecule has 6 heteroatoms. The highest BCUT2D eigenvalue weighted by molar-refractivity contribution is 6.27. The first-order valence-electron chi connectivity index (χ1n) is 8.76. The third-order valence-electron chi connectivity index (χ3n) is 4.86. The van der Waals surface area contributed by atoms with Crippen LogP contribution in [-0.4, -0.2) is 33.3 Å². The Balaban J connectivity index is 2.34. The van der Waals surface area contributed by atoms with Gasteiger partial charge in [-0.3, -0.25) is 14.2 Å². The molecule has 27 heavy (non-hydrogen) atoms. The first-order valence-corrected chi connectivity index (χ1v) is 9.29. The molecule has 0 N–H and O–H groups in total. The minimum Gasteiger partial charge on any atom is -0.335 e. The lowest BCUT2D eigenvalue weighted by molar-refractivity contribution is -0.129. The van der Waals surface area contributed by atoms with Gasteiger partial charge in [0.2, 0.25) is 5.91 Å². The Morgan fingerprint density at radius 1 is 1.22 bits per heavy atom. The number of fused-ring (bicyclic) bond motifs is 1. The second-order valence-electron chi connectivity index (χ2n) is 6.73. The van der Waals surface area contributed by atoms with E-state index in [2.05, 4.69) is 0 Å². The minimum atomic E-state index is -0.422. The summed E-state index contributed by atoms with van der Waals surface area (Å²) in [4.78, 5) is 31.7. The Labute approximate surface area is 163 Å². The first kappa shape index (κ1) is 19.1. The molecular formula is C21H22ClN3O2. The smallest absolute Gasteiger partial charge is 0.266 e. The summed E-state index contributed by atoms with van der Waals surface area (Å²) < 4.78 is 1.61. The highest BCUT2D eigenvalue weighted by Crippen LogP contribution is 2.24. The van der Waals surface area contributed by atoms with E-state index in [1.165, 1.54) is 4.90 Å². The molecule has 0 saturated heterocycles. The number of alkyl halides is 1. The van der Waals surface area contributed by atoms with E-state index in [0.29, 0.717) is 16.7 Å². The molecule has 1 atom stereocenters. The molecule has 5 nitrogen and oxygen atoms in total. The molecule has 3 rings (SSSR count). The van der Waals surface area contributed by atoms with Crippen molar-refractivity contribution in [3.63, 3.8) is 0 Å². The van der Waals surface area contributed by atoms with Crippen LogP contribution in [0.2, 0.25) is 0 Å². The summed E-state index contributed by atoms with van der Waals surface area (Å²) in [5.41, 5.74) is 3.30. The molecular weight excluding hydrogens is 362 g/mol. The van der Waals surface area contributed by atoms with Crippen LogP contribution in [-0.2, 0) is 4.79 Å². The Morgan fingerprint density at radius 3 is 2.59 bits per heavy atom. The molecule has 0 unspecified atom stereocenters. The van der Waals surface area contributed by atoms with Crippen molar-refractivity contribution in [3.8, 4) is 5.69 Å². The Morgan fingerprint density at radius 2 is 1.93 bits per heavy atom. The third-order valence-corrected chi connectivity index (χ3v) is 5.09. The van der Waals surface area contributed by atoms with Gasteiger partial charge in [-0.15, -0.1) is 11.6 Å². The summed E-state index contributed by atoms with van der Waals surface area (Å²) in [6.45, 7) is 5.82. The van der Waals surface area contributed by atoms with Gasteiger partial charge in [-0.25, -0.2) is 4.98 Å². The number of carbonyl (C=O) groups excluding carboxylic acids is 1. The Kier molecular flexibility index (Phi) is 5.33. The zero-order chi connectivity index (χ0) is 19.7. The maximum absolute atomic E-state index is 13.3. The van der Waals surface area contributed by atoms with Crippen LogP contribution in [0.15, 0.2) is 47.3 Å². The van der Waals surface area contributed by atoms with Gasteiger partial charge in [-0.05, 0) is 44.5 Å². The monoisotopic (exact) mass is 383 g/mol. The van der Waals surface area contributed by atoms with Crippen LogP contribution in [0.1, 0.15) is 29.9 Å². The molecule has 3 aromatic rings. The molecule has 1 aromatic heterocycles. The number of para-hydroxylation sites is 1. The first-order chi connectivity index (χ1) is 12.8. The molecule has 0 aliphatic rings. The Bertz CT molecular complexity index is 1070. The van der Waals surface area contributed by atoms with Crippen molar-refractivity contribution in [2.45, 2.75) is 26.8 Å². The van der Waals surface area contributed by atoms with Crippen molar-refractivity contribution in [3.05, 3.63) is 69.8 Å². The molecule has 2 aromatic carbocycles. The number of amides is 1. The second kappa shape index (κ2) is 7.53. The highest BCUT2D eigenvalue weighted by Gasteiger charge is 2.24. The van der Waals surface area contributed by atoms with Crippen LogP contribution in [0.4, 0.5) is 0 Å². The Hall–Kier alpha value is -2.66. The van der Waals surface area contributed by atoms with Crippen molar-refractivity contribution in [1.29, 1.82) is 0 Å². The van der Waals surface area contributed by atoms with Gasteiger partial charge in [0.05, 0.1) is 22.6 Å². The number of rotatable bonds is 4. The quantitative estimate of drug-likeness (QED) is 0.644. The zero-order valence-corrected chi connectivity index (χ0v) is 16.6. The largest absolute Gasteiger partial charge is 0.335 e. The fourth-order valence-corrected chi connectivity index (χ4v) is 3.39. The minimum absolute atomic E-state index is 0.123. The van der Waals surface area contributed by atoms with E-state index in [-0.39, 0.29) is 17.3 Å². The summed E-state index contributed by atoms with van der Waals surface area (Å²) in [7, 11) is 1.67. The van der Waals surface area contributed by atoms with Crippen molar-refractivity contribution < 1.29 is 4.79 Å². The lowest BCUT2D eigenvalue weighted by Gasteiger charge is -2.27. The number of halogens is 1. The van der Waals surface area contributed by atoms with E-state index in [4.69, 9.17) is 16.6 Å². The van der Waals surface area contributed by atoms with E-state index in [1.54, 1.807) is 17.7 Å². The molecule has 0 aliphatic carbocycles. The molecule has 1 heterocycles.